The fourth-order valence-corrected chi connectivity index (χ4v) is 4.14. The maximum absolute atomic E-state index is 6.36. The fraction of sp³-hybridized carbons (Fsp3) is 0.296. The minimum absolute atomic E-state index is 0.0103. The summed E-state index contributed by atoms with van der Waals surface area (Å²) in [4.78, 5) is 6.65. The van der Waals surface area contributed by atoms with Crippen molar-refractivity contribution >= 4 is 16.8 Å². The Morgan fingerprint density at radius 2 is 1.85 bits per heavy atom. The van der Waals surface area contributed by atoms with E-state index in [0.29, 0.717) is 12.3 Å². The van der Waals surface area contributed by atoms with Crippen LogP contribution in [0.1, 0.15) is 12.8 Å². The van der Waals surface area contributed by atoms with Gasteiger partial charge in [0.15, 0.2) is 0 Å². The summed E-state index contributed by atoms with van der Waals surface area (Å²) in [5.74, 6) is 1.64. The molecule has 4 aromatic rings. The number of likely N-dealkylation sites (N-methyl/N-ethyl adjacent to an activating group) is 1. The van der Waals surface area contributed by atoms with Gasteiger partial charge in [-0.3, -0.25) is 0 Å². The quantitative estimate of drug-likeness (QED) is 0.380. The first-order valence-electron chi connectivity index (χ1n) is 11.4. The molecule has 1 aliphatic rings. The molecule has 0 saturated carbocycles. The van der Waals surface area contributed by atoms with Crippen LogP contribution in [0.15, 0.2) is 71.3 Å². The van der Waals surface area contributed by atoms with Gasteiger partial charge in [-0.15, -0.1) is 0 Å². The van der Waals surface area contributed by atoms with Crippen LogP contribution in [-0.4, -0.2) is 50.0 Å². The number of hydrogen-bond acceptors (Lipinski definition) is 6. The monoisotopic (exact) mass is 443 g/mol. The zero-order valence-corrected chi connectivity index (χ0v) is 19.1. The van der Waals surface area contributed by atoms with Crippen LogP contribution in [0.4, 0.5) is 5.69 Å². The van der Waals surface area contributed by atoms with Crippen molar-refractivity contribution in [2.75, 3.05) is 39.2 Å². The van der Waals surface area contributed by atoms with E-state index in [2.05, 4.69) is 27.3 Å². The number of aromatic nitrogens is 1. The van der Waals surface area contributed by atoms with E-state index in [-0.39, 0.29) is 6.23 Å². The molecule has 0 unspecified atom stereocenters. The number of pyridine rings is 1. The molecule has 0 aliphatic carbocycles. The molecule has 0 amide bonds. The maximum atomic E-state index is 6.36. The second kappa shape index (κ2) is 9.65. The van der Waals surface area contributed by atoms with Crippen molar-refractivity contribution in [3.8, 4) is 28.2 Å². The Labute approximate surface area is 194 Å². The van der Waals surface area contributed by atoms with Gasteiger partial charge in [-0.05, 0) is 62.8 Å². The highest BCUT2D eigenvalue weighted by molar-refractivity contribution is 6.06. The molecule has 6 heteroatoms. The summed E-state index contributed by atoms with van der Waals surface area (Å²) in [7, 11) is 4.07. The van der Waals surface area contributed by atoms with Crippen LogP contribution >= 0.6 is 0 Å². The molecular formula is C27H29N3O3. The first kappa shape index (κ1) is 21.5. The SMILES string of the molecule is CN(C)CCOc1ccc(-c2oc3nccc(N[C@@H]4CCCO4)c3c2-c2ccccc2)cc1. The molecule has 33 heavy (non-hydrogen) atoms. The van der Waals surface area contributed by atoms with Crippen molar-refractivity contribution in [3.05, 3.63) is 66.9 Å². The van der Waals surface area contributed by atoms with Crippen LogP contribution in [0.25, 0.3) is 33.6 Å². The number of rotatable bonds is 8. The molecule has 0 bridgehead atoms. The molecule has 1 saturated heterocycles. The second-order valence-corrected chi connectivity index (χ2v) is 8.53. The number of fused-ring (bicyclic) bond motifs is 1. The van der Waals surface area contributed by atoms with Crippen LogP contribution in [0, 0.1) is 0 Å². The van der Waals surface area contributed by atoms with Crippen molar-refractivity contribution in [2.45, 2.75) is 19.1 Å². The summed E-state index contributed by atoms with van der Waals surface area (Å²) in [5.41, 5.74) is 4.68. The molecule has 2 aromatic carbocycles. The molecule has 1 aliphatic heterocycles. The Bertz CT molecular complexity index is 1200. The molecule has 1 atom stereocenters. The fourth-order valence-electron chi connectivity index (χ4n) is 4.14. The topological polar surface area (TPSA) is 59.8 Å². The molecule has 170 valence electrons. The lowest BCUT2D eigenvalue weighted by Crippen LogP contribution is -2.19. The highest BCUT2D eigenvalue weighted by Crippen LogP contribution is 2.43. The smallest absolute Gasteiger partial charge is 0.229 e. The molecule has 5 rings (SSSR count). The van der Waals surface area contributed by atoms with Crippen molar-refractivity contribution in [2.24, 2.45) is 0 Å². The Morgan fingerprint density at radius 3 is 2.58 bits per heavy atom. The van der Waals surface area contributed by atoms with Crippen LogP contribution in [0.2, 0.25) is 0 Å². The zero-order chi connectivity index (χ0) is 22.6. The van der Waals surface area contributed by atoms with Crippen LogP contribution < -0.4 is 10.1 Å². The first-order chi connectivity index (χ1) is 16.2. The lowest BCUT2D eigenvalue weighted by Gasteiger charge is -2.14. The predicted octanol–water partition coefficient (Wildman–Crippen LogP) is 5.65. The first-order valence-corrected chi connectivity index (χ1v) is 11.4. The third kappa shape index (κ3) is 4.72. The zero-order valence-electron chi connectivity index (χ0n) is 19.1. The average molecular weight is 444 g/mol. The van der Waals surface area contributed by atoms with E-state index in [1.165, 1.54) is 0 Å². The summed E-state index contributed by atoms with van der Waals surface area (Å²) in [6, 6.07) is 20.4. The highest BCUT2D eigenvalue weighted by atomic mass is 16.5. The number of anilines is 1. The van der Waals surface area contributed by atoms with Gasteiger partial charge in [-0.25, -0.2) is 4.98 Å². The van der Waals surface area contributed by atoms with Crippen LogP contribution in [0.3, 0.4) is 0 Å². The van der Waals surface area contributed by atoms with Gasteiger partial charge in [0, 0.05) is 30.5 Å². The van der Waals surface area contributed by atoms with Gasteiger partial charge in [0.1, 0.15) is 24.3 Å². The van der Waals surface area contributed by atoms with Crippen molar-refractivity contribution < 1.29 is 13.9 Å². The second-order valence-electron chi connectivity index (χ2n) is 8.53. The maximum Gasteiger partial charge on any atom is 0.229 e. The number of hydrogen-bond donors (Lipinski definition) is 1. The molecule has 3 heterocycles. The van der Waals surface area contributed by atoms with E-state index in [4.69, 9.17) is 13.9 Å². The van der Waals surface area contributed by atoms with E-state index < -0.39 is 0 Å². The van der Waals surface area contributed by atoms with E-state index in [9.17, 15) is 0 Å². The molecule has 6 nitrogen and oxygen atoms in total. The lowest BCUT2D eigenvalue weighted by molar-refractivity contribution is 0.132. The van der Waals surface area contributed by atoms with E-state index in [0.717, 1.165) is 65.3 Å². The van der Waals surface area contributed by atoms with Gasteiger partial charge in [0.05, 0.1) is 11.1 Å². The number of benzene rings is 2. The minimum Gasteiger partial charge on any atom is -0.492 e. The van der Waals surface area contributed by atoms with E-state index in [1.807, 2.05) is 62.6 Å². The highest BCUT2D eigenvalue weighted by Gasteiger charge is 2.23. The van der Waals surface area contributed by atoms with Gasteiger partial charge >= 0.3 is 0 Å². The summed E-state index contributed by atoms with van der Waals surface area (Å²) in [6.07, 6.45) is 3.85. The third-order valence-corrected chi connectivity index (χ3v) is 5.82. The summed E-state index contributed by atoms with van der Waals surface area (Å²) < 4.78 is 18.0. The summed E-state index contributed by atoms with van der Waals surface area (Å²) in [6.45, 7) is 2.31. The van der Waals surface area contributed by atoms with E-state index in [1.54, 1.807) is 6.20 Å². The molecule has 0 radical (unpaired) electrons. The predicted molar refractivity (Wildman–Crippen MR) is 132 cm³/mol. The van der Waals surface area contributed by atoms with Gasteiger partial charge in [-0.2, -0.15) is 0 Å². The van der Waals surface area contributed by atoms with Crippen LogP contribution in [0.5, 0.6) is 5.75 Å². The van der Waals surface area contributed by atoms with Crippen molar-refractivity contribution in [3.63, 3.8) is 0 Å². The van der Waals surface area contributed by atoms with E-state index >= 15 is 0 Å². The largest absolute Gasteiger partial charge is 0.492 e. The number of nitrogens with one attached hydrogen (secondary N) is 1. The van der Waals surface area contributed by atoms with Crippen molar-refractivity contribution in [1.29, 1.82) is 0 Å². The van der Waals surface area contributed by atoms with Gasteiger partial charge in [-0.1, -0.05) is 30.3 Å². The van der Waals surface area contributed by atoms with Crippen molar-refractivity contribution in [1.82, 2.24) is 9.88 Å². The molecule has 1 fully saturated rings. The third-order valence-electron chi connectivity index (χ3n) is 5.82. The number of nitrogens with zero attached hydrogens (tertiary/aromatic N) is 2. The minimum atomic E-state index is 0.0103. The summed E-state index contributed by atoms with van der Waals surface area (Å²) >= 11 is 0. The van der Waals surface area contributed by atoms with Crippen LogP contribution in [-0.2, 0) is 4.74 Å². The normalized spacial score (nSPS) is 15.9. The summed E-state index contributed by atoms with van der Waals surface area (Å²) in [5, 5.41) is 4.53. The Kier molecular flexibility index (Phi) is 6.28. The van der Waals surface area contributed by atoms with Gasteiger partial charge in [0.2, 0.25) is 5.71 Å². The standard InChI is InChI=1S/C27H29N3O3/c1-30(2)16-18-31-21-12-10-20(11-13-21)26-24(19-7-4-3-5-8-19)25-22(14-15-28-27(25)33-26)29-23-9-6-17-32-23/h3-5,7-8,10-15,23H,6,9,16-18H2,1-2H3,(H,28,29)/t23-/m0/s1. The lowest BCUT2D eigenvalue weighted by atomic mass is 9.98. The molecular weight excluding hydrogens is 414 g/mol. The Balaban J connectivity index is 1.56. The van der Waals surface area contributed by atoms with Gasteiger partial charge < -0.3 is 24.1 Å². The number of ether oxygens (including phenoxy) is 2. The number of furan rings is 1. The molecule has 0 spiro atoms. The van der Waals surface area contributed by atoms with Gasteiger partial charge in [0.25, 0.3) is 0 Å². The molecule has 1 N–H and O–H groups in total. The Morgan fingerprint density at radius 1 is 1.03 bits per heavy atom. The average Bonchev–Trinajstić information content (AvgIpc) is 3.48. The Hall–Kier alpha value is -3.35. The molecule has 2 aromatic heterocycles.